The molecule has 22 heavy (non-hydrogen) atoms. The molecule has 124 valence electrons. The van der Waals surface area contributed by atoms with Gasteiger partial charge in [0.25, 0.3) is 0 Å². The molecule has 0 N–H and O–H groups in total. The lowest BCUT2D eigenvalue weighted by Gasteiger charge is -2.34. The molecule has 2 fully saturated rings. The van der Waals surface area contributed by atoms with Gasteiger partial charge >= 0.3 is 0 Å². The second kappa shape index (κ2) is 6.83. The van der Waals surface area contributed by atoms with Crippen LogP contribution in [0.25, 0.3) is 0 Å². The average molecular weight is 344 g/mol. The van der Waals surface area contributed by atoms with Crippen LogP contribution >= 0.6 is 11.5 Å². The molecule has 3 rings (SSSR count). The molecular weight excluding hydrogens is 318 g/mol. The summed E-state index contributed by atoms with van der Waals surface area (Å²) in [5, 5.41) is 0.925. The third-order valence-corrected chi connectivity index (χ3v) is 6.53. The number of hydrogen-bond donors (Lipinski definition) is 0. The van der Waals surface area contributed by atoms with Crippen molar-refractivity contribution in [2.24, 2.45) is 0 Å². The summed E-state index contributed by atoms with van der Waals surface area (Å²) in [6, 6.07) is 0.0657. The molecule has 0 bridgehead atoms. The van der Waals surface area contributed by atoms with Crippen LogP contribution in [0.15, 0.2) is 0 Å². The van der Waals surface area contributed by atoms with E-state index < -0.39 is 9.84 Å². The van der Waals surface area contributed by atoms with E-state index in [0.29, 0.717) is 5.92 Å². The number of anilines is 1. The van der Waals surface area contributed by atoms with Crippen molar-refractivity contribution >= 4 is 26.5 Å². The quantitative estimate of drug-likeness (QED) is 0.841. The molecule has 0 amide bonds. The minimum atomic E-state index is -2.96. The summed E-state index contributed by atoms with van der Waals surface area (Å²) in [6.07, 6.45) is 10.8. The maximum Gasteiger partial charge on any atom is 0.205 e. The number of sulfone groups is 1. The van der Waals surface area contributed by atoms with Gasteiger partial charge in [0.15, 0.2) is 0 Å². The molecule has 1 saturated carbocycles. The van der Waals surface area contributed by atoms with Crippen LogP contribution in [0, 0.1) is 0 Å². The molecule has 1 saturated heterocycles. The first-order valence-electron chi connectivity index (χ1n) is 8.31. The topological polar surface area (TPSA) is 63.2 Å². The molecule has 0 aromatic carbocycles. The Hall–Kier alpha value is -0.690. The number of piperidine rings is 1. The summed E-state index contributed by atoms with van der Waals surface area (Å²) in [4.78, 5) is 6.97. The van der Waals surface area contributed by atoms with E-state index in [9.17, 15) is 8.42 Å². The van der Waals surface area contributed by atoms with Crippen molar-refractivity contribution in [2.75, 3.05) is 23.5 Å². The van der Waals surface area contributed by atoms with Gasteiger partial charge in [-0.3, -0.25) is 0 Å². The van der Waals surface area contributed by atoms with Crippen LogP contribution < -0.4 is 4.90 Å². The molecule has 5 nitrogen and oxygen atoms in total. The highest BCUT2D eigenvalue weighted by atomic mass is 32.2. The van der Waals surface area contributed by atoms with Crippen molar-refractivity contribution in [2.45, 2.75) is 63.3 Å². The zero-order valence-electron chi connectivity index (χ0n) is 13.2. The summed E-state index contributed by atoms with van der Waals surface area (Å²) in [6.45, 7) is 0.902. The molecule has 1 unspecified atom stereocenters. The van der Waals surface area contributed by atoms with Gasteiger partial charge in [0, 0.05) is 36.3 Å². The van der Waals surface area contributed by atoms with Gasteiger partial charge < -0.3 is 4.90 Å². The lowest BCUT2D eigenvalue weighted by atomic mass is 9.89. The Bertz CT molecular complexity index is 594. The Balaban J connectivity index is 1.74. The minimum absolute atomic E-state index is 0.0657. The fourth-order valence-electron chi connectivity index (χ4n) is 3.64. The van der Waals surface area contributed by atoms with Crippen molar-refractivity contribution in [3.63, 3.8) is 0 Å². The molecule has 1 aliphatic carbocycles. The van der Waals surface area contributed by atoms with Crippen LogP contribution in [0.5, 0.6) is 0 Å². The summed E-state index contributed by atoms with van der Waals surface area (Å²) in [5.74, 6) is 1.73. The molecule has 1 atom stereocenters. The summed E-state index contributed by atoms with van der Waals surface area (Å²) in [7, 11) is -2.96. The summed E-state index contributed by atoms with van der Waals surface area (Å²) < 4.78 is 27.9. The van der Waals surface area contributed by atoms with Gasteiger partial charge in [-0.15, -0.1) is 0 Å². The van der Waals surface area contributed by atoms with E-state index in [1.807, 2.05) is 0 Å². The molecule has 2 heterocycles. The first-order chi connectivity index (χ1) is 10.5. The highest BCUT2D eigenvalue weighted by molar-refractivity contribution is 7.90. The molecule has 1 aromatic rings. The van der Waals surface area contributed by atoms with E-state index in [0.717, 1.165) is 36.8 Å². The van der Waals surface area contributed by atoms with Crippen molar-refractivity contribution < 1.29 is 8.42 Å². The fraction of sp³-hybridized carbons (Fsp3) is 0.867. The molecule has 0 spiro atoms. The van der Waals surface area contributed by atoms with E-state index >= 15 is 0 Å². The van der Waals surface area contributed by atoms with E-state index in [1.54, 1.807) is 0 Å². The van der Waals surface area contributed by atoms with Gasteiger partial charge in [0.1, 0.15) is 15.7 Å². The first-order valence-corrected chi connectivity index (χ1v) is 11.1. The third-order valence-electron chi connectivity index (χ3n) is 4.77. The van der Waals surface area contributed by atoms with Crippen LogP contribution in [-0.4, -0.2) is 42.4 Å². The van der Waals surface area contributed by atoms with Crippen molar-refractivity contribution in [3.8, 4) is 0 Å². The highest BCUT2D eigenvalue weighted by Crippen LogP contribution is 2.34. The van der Waals surface area contributed by atoms with E-state index in [1.165, 1.54) is 49.9 Å². The number of nitrogens with zero attached hydrogens (tertiary/aromatic N) is 3. The van der Waals surface area contributed by atoms with Gasteiger partial charge in [-0.25, -0.2) is 13.4 Å². The van der Waals surface area contributed by atoms with Gasteiger partial charge in [0.05, 0.1) is 5.75 Å². The second-order valence-electron chi connectivity index (χ2n) is 6.71. The third kappa shape index (κ3) is 3.98. The first kappa shape index (κ1) is 16.2. The van der Waals surface area contributed by atoms with Crippen LogP contribution in [0.2, 0.25) is 0 Å². The fourth-order valence-corrected chi connectivity index (χ4v) is 5.54. The van der Waals surface area contributed by atoms with Gasteiger partial charge in [-0.05, 0) is 32.1 Å². The Morgan fingerprint density at radius 3 is 2.59 bits per heavy atom. The van der Waals surface area contributed by atoms with Crippen molar-refractivity contribution in [1.29, 1.82) is 0 Å². The Labute approximate surface area is 137 Å². The normalized spacial score (nSPS) is 24.6. The lowest BCUT2D eigenvalue weighted by Crippen LogP contribution is -2.43. The molecular formula is C15H25N3O2S2. The number of hydrogen-bond acceptors (Lipinski definition) is 6. The largest absolute Gasteiger partial charge is 0.343 e. The van der Waals surface area contributed by atoms with Crippen LogP contribution in [0.1, 0.15) is 63.1 Å². The van der Waals surface area contributed by atoms with E-state index in [-0.39, 0.29) is 11.8 Å². The van der Waals surface area contributed by atoms with Crippen LogP contribution in [0.3, 0.4) is 0 Å². The Morgan fingerprint density at radius 2 is 1.86 bits per heavy atom. The SMILES string of the molecule is CS(=O)(=O)CC1CCCCN1c1nc(C2CCCCC2)ns1. The van der Waals surface area contributed by atoms with Crippen LogP contribution in [-0.2, 0) is 9.84 Å². The lowest BCUT2D eigenvalue weighted by molar-refractivity contribution is 0.430. The zero-order valence-corrected chi connectivity index (χ0v) is 14.8. The highest BCUT2D eigenvalue weighted by Gasteiger charge is 2.29. The van der Waals surface area contributed by atoms with E-state index in [4.69, 9.17) is 4.98 Å². The maximum absolute atomic E-state index is 11.7. The molecule has 2 aliphatic rings. The predicted octanol–water partition coefficient (Wildman–Crippen LogP) is 2.99. The number of aromatic nitrogens is 2. The Morgan fingerprint density at radius 1 is 1.14 bits per heavy atom. The second-order valence-corrected chi connectivity index (χ2v) is 9.62. The zero-order chi connectivity index (χ0) is 15.6. The van der Waals surface area contributed by atoms with Gasteiger partial charge in [0.2, 0.25) is 5.13 Å². The Kier molecular flexibility index (Phi) is 5.02. The molecule has 0 radical (unpaired) electrons. The summed E-state index contributed by atoms with van der Waals surface area (Å²) >= 11 is 1.45. The molecule has 7 heteroatoms. The maximum atomic E-state index is 11.7. The van der Waals surface area contributed by atoms with Gasteiger partial charge in [-0.1, -0.05) is 19.3 Å². The van der Waals surface area contributed by atoms with E-state index in [2.05, 4.69) is 9.27 Å². The smallest absolute Gasteiger partial charge is 0.205 e. The van der Waals surface area contributed by atoms with Crippen molar-refractivity contribution in [3.05, 3.63) is 5.82 Å². The minimum Gasteiger partial charge on any atom is -0.343 e. The number of rotatable bonds is 4. The average Bonchev–Trinajstić information content (AvgIpc) is 2.97. The van der Waals surface area contributed by atoms with Gasteiger partial charge in [-0.2, -0.15) is 4.37 Å². The summed E-state index contributed by atoms with van der Waals surface area (Å²) in [5.41, 5.74) is 0. The molecule has 1 aromatic heterocycles. The van der Waals surface area contributed by atoms with Crippen molar-refractivity contribution in [1.82, 2.24) is 9.36 Å². The predicted molar refractivity (Wildman–Crippen MR) is 90.4 cm³/mol. The molecule has 1 aliphatic heterocycles. The standard InChI is InChI=1S/C15H25N3O2S2/c1-22(19,20)11-13-9-5-6-10-18(13)15-16-14(17-21-15)12-7-3-2-4-8-12/h12-13H,2-11H2,1H3. The monoisotopic (exact) mass is 343 g/mol. The van der Waals surface area contributed by atoms with Crippen LogP contribution in [0.4, 0.5) is 5.13 Å².